The van der Waals surface area contributed by atoms with Gasteiger partial charge < -0.3 is 15.4 Å². The monoisotopic (exact) mass is 240 g/mol. The lowest BCUT2D eigenvalue weighted by Gasteiger charge is -2.14. The van der Waals surface area contributed by atoms with Crippen molar-refractivity contribution in [3.8, 4) is 5.75 Å². The topological polar surface area (TPSA) is 55.6 Å². The number of ether oxygens (including phenoxy) is 1. The van der Waals surface area contributed by atoms with Gasteiger partial charge in [-0.2, -0.15) is 0 Å². The number of nitrogens with two attached hydrogens (primary N) is 1. The lowest BCUT2D eigenvalue weighted by Crippen LogP contribution is -2.29. The predicted molar refractivity (Wildman–Crippen MR) is 62.5 cm³/mol. The lowest BCUT2D eigenvalue weighted by molar-refractivity contribution is -0.132. The second-order valence-electron chi connectivity index (χ2n) is 3.84. The van der Waals surface area contributed by atoms with Crippen LogP contribution < -0.4 is 10.5 Å². The highest BCUT2D eigenvalue weighted by Gasteiger charge is 2.31. The van der Waals surface area contributed by atoms with Crippen molar-refractivity contribution in [3.63, 3.8) is 0 Å². The van der Waals surface area contributed by atoms with E-state index in [1.807, 2.05) is 0 Å². The fraction of sp³-hybridized carbons (Fsp3) is 0.364. The van der Waals surface area contributed by atoms with E-state index in [1.165, 1.54) is 0 Å². The van der Waals surface area contributed by atoms with Crippen LogP contribution in [-0.2, 0) is 4.79 Å². The molecule has 1 aromatic rings. The van der Waals surface area contributed by atoms with Crippen molar-refractivity contribution in [2.24, 2.45) is 0 Å². The Balaban J connectivity index is 2.15. The Bertz CT molecular complexity index is 422. The summed E-state index contributed by atoms with van der Waals surface area (Å²) in [5, 5.41) is 0.469. The number of likely N-dealkylation sites (tertiary alicyclic amines) is 1. The van der Waals surface area contributed by atoms with Gasteiger partial charge in [0.2, 0.25) is 0 Å². The van der Waals surface area contributed by atoms with Crippen LogP contribution in [0.15, 0.2) is 18.2 Å². The SMILES string of the molecule is CN1CCC(Oc2cc(N)ccc2Cl)C1=O. The number of anilines is 1. The standard InChI is InChI=1S/C11H13ClN2O2/c1-14-5-4-9(11(14)15)16-10-6-7(13)2-3-8(10)12/h2-3,6,9H,4-5,13H2,1H3. The van der Waals surface area contributed by atoms with Crippen LogP contribution in [0.1, 0.15) is 6.42 Å². The molecule has 0 radical (unpaired) electrons. The molecule has 0 aromatic heterocycles. The molecule has 1 aromatic carbocycles. The number of hydrogen-bond acceptors (Lipinski definition) is 3. The third-order valence-corrected chi connectivity index (χ3v) is 2.92. The van der Waals surface area contributed by atoms with Gasteiger partial charge in [-0.25, -0.2) is 0 Å². The van der Waals surface area contributed by atoms with Gasteiger partial charge in [-0.05, 0) is 12.1 Å². The number of carbonyl (C=O) groups excluding carboxylic acids is 1. The Morgan fingerprint density at radius 2 is 2.31 bits per heavy atom. The van der Waals surface area contributed by atoms with Crippen molar-refractivity contribution in [2.75, 3.05) is 19.3 Å². The van der Waals surface area contributed by atoms with E-state index in [1.54, 1.807) is 30.1 Å². The third kappa shape index (κ3) is 2.07. The van der Waals surface area contributed by atoms with Crippen LogP contribution in [-0.4, -0.2) is 30.5 Å². The van der Waals surface area contributed by atoms with Crippen LogP contribution in [0.4, 0.5) is 5.69 Å². The first-order valence-corrected chi connectivity index (χ1v) is 5.42. The van der Waals surface area contributed by atoms with Gasteiger partial charge >= 0.3 is 0 Å². The maximum atomic E-state index is 11.6. The Kier molecular flexibility index (Phi) is 2.92. The number of nitrogens with zero attached hydrogens (tertiary/aromatic N) is 1. The molecule has 1 amide bonds. The van der Waals surface area contributed by atoms with E-state index in [-0.39, 0.29) is 5.91 Å². The molecule has 1 atom stereocenters. The molecular formula is C11H13ClN2O2. The quantitative estimate of drug-likeness (QED) is 0.798. The predicted octanol–water partition coefficient (Wildman–Crippen LogP) is 1.53. The molecule has 86 valence electrons. The Morgan fingerprint density at radius 3 is 2.94 bits per heavy atom. The molecular weight excluding hydrogens is 228 g/mol. The summed E-state index contributed by atoms with van der Waals surface area (Å²) in [6.45, 7) is 0.712. The van der Waals surface area contributed by atoms with Crippen molar-refractivity contribution >= 4 is 23.2 Å². The molecule has 16 heavy (non-hydrogen) atoms. The molecule has 1 aliphatic heterocycles. The Hall–Kier alpha value is -1.42. The molecule has 4 nitrogen and oxygen atoms in total. The first kappa shape index (κ1) is 11.1. The van der Waals surface area contributed by atoms with E-state index in [2.05, 4.69) is 0 Å². The number of amides is 1. The number of nitrogen functional groups attached to an aromatic ring is 1. The largest absolute Gasteiger partial charge is 0.479 e. The maximum absolute atomic E-state index is 11.6. The summed E-state index contributed by atoms with van der Waals surface area (Å²) in [7, 11) is 1.76. The summed E-state index contributed by atoms with van der Waals surface area (Å²) < 4.78 is 5.57. The number of halogens is 1. The zero-order chi connectivity index (χ0) is 11.7. The highest BCUT2D eigenvalue weighted by Crippen LogP contribution is 2.29. The molecule has 0 bridgehead atoms. The number of likely N-dealkylation sites (N-methyl/N-ethyl adjacent to an activating group) is 1. The first-order valence-electron chi connectivity index (χ1n) is 5.04. The van der Waals surface area contributed by atoms with Gasteiger partial charge in [-0.3, -0.25) is 4.79 Å². The Labute approximate surface area is 98.9 Å². The summed E-state index contributed by atoms with van der Waals surface area (Å²) in [6, 6.07) is 4.99. The van der Waals surface area contributed by atoms with E-state index >= 15 is 0 Å². The van der Waals surface area contributed by atoms with Gasteiger partial charge in [0.1, 0.15) is 5.75 Å². The van der Waals surface area contributed by atoms with Gasteiger partial charge in [0.25, 0.3) is 5.91 Å². The molecule has 0 spiro atoms. The summed E-state index contributed by atoms with van der Waals surface area (Å²) in [4.78, 5) is 13.3. The molecule has 1 fully saturated rings. The minimum absolute atomic E-state index is 0.0153. The summed E-state index contributed by atoms with van der Waals surface area (Å²) in [5.74, 6) is 0.453. The fourth-order valence-corrected chi connectivity index (χ4v) is 1.83. The summed E-state index contributed by atoms with van der Waals surface area (Å²) >= 11 is 5.95. The van der Waals surface area contributed by atoms with E-state index in [9.17, 15) is 4.79 Å². The molecule has 1 aliphatic rings. The van der Waals surface area contributed by atoms with Crippen LogP contribution >= 0.6 is 11.6 Å². The Morgan fingerprint density at radius 1 is 1.56 bits per heavy atom. The van der Waals surface area contributed by atoms with E-state index in [4.69, 9.17) is 22.1 Å². The van der Waals surface area contributed by atoms with Gasteiger partial charge in [0.05, 0.1) is 5.02 Å². The van der Waals surface area contributed by atoms with Crippen LogP contribution in [0, 0.1) is 0 Å². The average Bonchev–Trinajstić information content (AvgIpc) is 2.55. The molecule has 0 aliphatic carbocycles. The van der Waals surface area contributed by atoms with Gasteiger partial charge in [0.15, 0.2) is 6.10 Å². The second kappa shape index (κ2) is 4.22. The minimum Gasteiger partial charge on any atom is -0.479 e. The summed E-state index contributed by atoms with van der Waals surface area (Å²) in [6.07, 6.45) is 0.241. The first-order chi connectivity index (χ1) is 7.58. The number of hydrogen-bond donors (Lipinski definition) is 1. The smallest absolute Gasteiger partial charge is 0.263 e. The maximum Gasteiger partial charge on any atom is 0.263 e. The van der Waals surface area contributed by atoms with Crippen molar-refractivity contribution in [1.29, 1.82) is 0 Å². The number of carbonyl (C=O) groups is 1. The molecule has 1 saturated heterocycles. The van der Waals surface area contributed by atoms with E-state index in [0.717, 1.165) is 0 Å². The minimum atomic E-state index is -0.440. The van der Waals surface area contributed by atoms with Crippen LogP contribution in [0.5, 0.6) is 5.75 Å². The summed E-state index contributed by atoms with van der Waals surface area (Å²) in [5.41, 5.74) is 6.20. The van der Waals surface area contributed by atoms with Crippen molar-refractivity contribution < 1.29 is 9.53 Å². The van der Waals surface area contributed by atoms with Gasteiger partial charge in [0, 0.05) is 31.8 Å². The molecule has 2 N–H and O–H groups in total. The number of benzene rings is 1. The average molecular weight is 241 g/mol. The molecule has 5 heteroatoms. The second-order valence-corrected chi connectivity index (χ2v) is 4.25. The van der Waals surface area contributed by atoms with Gasteiger partial charge in [-0.15, -0.1) is 0 Å². The van der Waals surface area contributed by atoms with Crippen LogP contribution in [0.3, 0.4) is 0 Å². The molecule has 0 saturated carbocycles. The molecule has 1 unspecified atom stereocenters. The third-order valence-electron chi connectivity index (χ3n) is 2.60. The fourth-order valence-electron chi connectivity index (χ4n) is 1.66. The van der Waals surface area contributed by atoms with Crippen molar-refractivity contribution in [1.82, 2.24) is 4.90 Å². The zero-order valence-corrected chi connectivity index (χ0v) is 9.70. The molecule has 2 rings (SSSR count). The van der Waals surface area contributed by atoms with Crippen molar-refractivity contribution in [2.45, 2.75) is 12.5 Å². The lowest BCUT2D eigenvalue weighted by atomic mass is 10.3. The normalized spacial score (nSPS) is 20.2. The number of rotatable bonds is 2. The van der Waals surface area contributed by atoms with Crippen LogP contribution in [0.2, 0.25) is 5.02 Å². The van der Waals surface area contributed by atoms with E-state index < -0.39 is 6.10 Å². The van der Waals surface area contributed by atoms with Crippen molar-refractivity contribution in [3.05, 3.63) is 23.2 Å². The van der Waals surface area contributed by atoms with E-state index in [0.29, 0.717) is 29.4 Å². The van der Waals surface area contributed by atoms with Gasteiger partial charge in [-0.1, -0.05) is 11.6 Å². The molecule has 1 heterocycles. The highest BCUT2D eigenvalue weighted by atomic mass is 35.5. The zero-order valence-electron chi connectivity index (χ0n) is 8.94. The highest BCUT2D eigenvalue weighted by molar-refractivity contribution is 6.32. The van der Waals surface area contributed by atoms with Crippen LogP contribution in [0.25, 0.3) is 0 Å².